The SMILES string of the molecule is CCCNC(Cc1csc(C)n1)C1(OCC)CCOCC1. The van der Waals surface area contributed by atoms with Crippen LogP contribution in [0.2, 0.25) is 0 Å². The Bertz CT molecular complexity index is 411. The maximum atomic E-state index is 6.24. The average molecular weight is 312 g/mol. The summed E-state index contributed by atoms with van der Waals surface area (Å²) in [6.07, 6.45) is 3.99. The second-order valence-corrected chi connectivity index (χ2v) is 6.74. The van der Waals surface area contributed by atoms with Crippen LogP contribution in [0.25, 0.3) is 0 Å². The highest BCUT2D eigenvalue weighted by Gasteiger charge is 2.41. The van der Waals surface area contributed by atoms with Gasteiger partial charge in [0.1, 0.15) is 0 Å². The summed E-state index contributed by atoms with van der Waals surface area (Å²) in [5, 5.41) is 7.02. The van der Waals surface area contributed by atoms with Crippen LogP contribution >= 0.6 is 11.3 Å². The number of hydrogen-bond acceptors (Lipinski definition) is 5. The zero-order chi connectivity index (χ0) is 15.1. The third-order valence-corrected chi connectivity index (χ3v) is 4.95. The summed E-state index contributed by atoms with van der Waals surface area (Å²) in [6.45, 7) is 9.70. The maximum absolute atomic E-state index is 6.24. The Balaban J connectivity index is 2.14. The Morgan fingerprint density at radius 2 is 2.19 bits per heavy atom. The summed E-state index contributed by atoms with van der Waals surface area (Å²) in [5.41, 5.74) is 1.07. The number of aromatic nitrogens is 1. The first-order valence-corrected chi connectivity index (χ1v) is 8.94. The topological polar surface area (TPSA) is 43.4 Å². The fourth-order valence-corrected chi connectivity index (χ4v) is 3.70. The highest BCUT2D eigenvalue weighted by atomic mass is 32.1. The molecule has 2 rings (SSSR count). The molecule has 1 aromatic heterocycles. The normalized spacial score (nSPS) is 19.6. The summed E-state index contributed by atoms with van der Waals surface area (Å²) in [6, 6.07) is 0.308. The van der Waals surface area contributed by atoms with Gasteiger partial charge < -0.3 is 14.8 Å². The van der Waals surface area contributed by atoms with Crippen LogP contribution in [0.1, 0.15) is 43.8 Å². The van der Waals surface area contributed by atoms with Crippen molar-refractivity contribution in [1.29, 1.82) is 0 Å². The molecule has 1 aliphatic heterocycles. The van der Waals surface area contributed by atoms with Crippen LogP contribution in [0.5, 0.6) is 0 Å². The van der Waals surface area contributed by atoms with E-state index in [-0.39, 0.29) is 5.60 Å². The number of aryl methyl sites for hydroxylation is 1. The highest BCUT2D eigenvalue weighted by Crippen LogP contribution is 2.31. The summed E-state index contributed by atoms with van der Waals surface area (Å²) in [5.74, 6) is 0. The fourth-order valence-electron chi connectivity index (χ4n) is 3.07. The molecule has 0 spiro atoms. The Hall–Kier alpha value is -0.490. The summed E-state index contributed by atoms with van der Waals surface area (Å²) < 4.78 is 11.8. The van der Waals surface area contributed by atoms with Gasteiger partial charge in [0.15, 0.2) is 0 Å². The lowest BCUT2D eigenvalue weighted by atomic mass is 9.83. The van der Waals surface area contributed by atoms with Gasteiger partial charge in [0.05, 0.1) is 16.3 Å². The van der Waals surface area contributed by atoms with Gasteiger partial charge in [-0.1, -0.05) is 6.92 Å². The van der Waals surface area contributed by atoms with Gasteiger partial charge in [0.2, 0.25) is 0 Å². The second-order valence-electron chi connectivity index (χ2n) is 5.68. The number of nitrogens with zero attached hydrogens (tertiary/aromatic N) is 1. The van der Waals surface area contributed by atoms with E-state index in [2.05, 4.69) is 36.5 Å². The lowest BCUT2D eigenvalue weighted by molar-refractivity contribution is -0.126. The number of thiazole rings is 1. The number of nitrogens with one attached hydrogen (secondary N) is 1. The predicted molar refractivity (Wildman–Crippen MR) is 87.0 cm³/mol. The first kappa shape index (κ1) is 16.9. The van der Waals surface area contributed by atoms with Crippen molar-refractivity contribution in [3.8, 4) is 0 Å². The van der Waals surface area contributed by atoms with Crippen LogP contribution in [0.4, 0.5) is 0 Å². The molecule has 1 fully saturated rings. The molecule has 21 heavy (non-hydrogen) atoms. The van der Waals surface area contributed by atoms with Crippen LogP contribution in [-0.2, 0) is 15.9 Å². The molecule has 4 nitrogen and oxygen atoms in total. The summed E-state index contributed by atoms with van der Waals surface area (Å²) >= 11 is 1.72. The molecule has 0 bridgehead atoms. The van der Waals surface area contributed by atoms with Gasteiger partial charge in [-0.05, 0) is 26.8 Å². The van der Waals surface area contributed by atoms with Crippen molar-refractivity contribution in [3.05, 3.63) is 16.1 Å². The Kier molecular flexibility index (Phi) is 6.61. The molecular weight excluding hydrogens is 284 g/mol. The van der Waals surface area contributed by atoms with Gasteiger partial charge in [-0.2, -0.15) is 0 Å². The molecule has 0 aromatic carbocycles. The number of hydrogen-bond donors (Lipinski definition) is 1. The van der Waals surface area contributed by atoms with Crippen LogP contribution in [0.3, 0.4) is 0 Å². The first-order valence-electron chi connectivity index (χ1n) is 8.06. The van der Waals surface area contributed by atoms with E-state index < -0.39 is 0 Å². The third kappa shape index (κ3) is 4.49. The first-order chi connectivity index (χ1) is 10.2. The van der Waals surface area contributed by atoms with Gasteiger partial charge in [-0.15, -0.1) is 11.3 Å². The molecule has 0 aliphatic carbocycles. The van der Waals surface area contributed by atoms with Crippen LogP contribution in [0.15, 0.2) is 5.38 Å². The molecule has 0 saturated carbocycles. The van der Waals surface area contributed by atoms with E-state index in [0.717, 1.165) is 57.1 Å². The van der Waals surface area contributed by atoms with Crippen molar-refractivity contribution in [1.82, 2.24) is 10.3 Å². The van der Waals surface area contributed by atoms with E-state index in [0.29, 0.717) is 6.04 Å². The maximum Gasteiger partial charge on any atom is 0.0897 e. The molecule has 5 heteroatoms. The van der Waals surface area contributed by atoms with Crippen LogP contribution < -0.4 is 5.32 Å². The molecule has 2 heterocycles. The van der Waals surface area contributed by atoms with Gasteiger partial charge in [-0.3, -0.25) is 0 Å². The molecule has 0 amide bonds. The quantitative estimate of drug-likeness (QED) is 0.801. The van der Waals surface area contributed by atoms with E-state index in [1.807, 2.05) is 0 Å². The van der Waals surface area contributed by atoms with E-state index in [1.165, 1.54) is 5.69 Å². The van der Waals surface area contributed by atoms with Crippen molar-refractivity contribution in [3.63, 3.8) is 0 Å². The molecule has 120 valence electrons. The Morgan fingerprint density at radius 3 is 2.76 bits per heavy atom. The third-order valence-electron chi connectivity index (χ3n) is 4.13. The minimum atomic E-state index is -0.111. The smallest absolute Gasteiger partial charge is 0.0897 e. The minimum Gasteiger partial charge on any atom is -0.381 e. The lowest BCUT2D eigenvalue weighted by Gasteiger charge is -2.43. The van der Waals surface area contributed by atoms with Crippen LogP contribution in [-0.4, -0.2) is 43.0 Å². The van der Waals surface area contributed by atoms with Gasteiger partial charge in [-0.25, -0.2) is 4.98 Å². The lowest BCUT2D eigenvalue weighted by Crippen LogP contribution is -2.56. The van der Waals surface area contributed by atoms with Gasteiger partial charge >= 0.3 is 0 Å². The molecular formula is C16H28N2O2S. The monoisotopic (exact) mass is 312 g/mol. The number of ether oxygens (including phenoxy) is 2. The molecule has 1 aromatic rings. The Morgan fingerprint density at radius 1 is 1.43 bits per heavy atom. The van der Waals surface area contributed by atoms with E-state index in [9.17, 15) is 0 Å². The van der Waals surface area contributed by atoms with Gasteiger partial charge in [0, 0.05) is 50.5 Å². The second kappa shape index (κ2) is 8.22. The molecule has 1 aliphatic rings. The zero-order valence-corrected chi connectivity index (χ0v) is 14.3. The van der Waals surface area contributed by atoms with E-state index in [1.54, 1.807) is 11.3 Å². The van der Waals surface area contributed by atoms with Gasteiger partial charge in [0.25, 0.3) is 0 Å². The highest BCUT2D eigenvalue weighted by molar-refractivity contribution is 7.09. The van der Waals surface area contributed by atoms with E-state index >= 15 is 0 Å². The summed E-state index contributed by atoms with van der Waals surface area (Å²) in [4.78, 5) is 4.64. The van der Waals surface area contributed by atoms with Crippen molar-refractivity contribution in [2.45, 2.75) is 58.1 Å². The van der Waals surface area contributed by atoms with Crippen LogP contribution in [0, 0.1) is 6.92 Å². The van der Waals surface area contributed by atoms with Crippen molar-refractivity contribution < 1.29 is 9.47 Å². The fraction of sp³-hybridized carbons (Fsp3) is 0.812. The standard InChI is InChI=1S/C16H28N2O2S/c1-4-8-17-15(11-14-12-21-13(3)18-14)16(20-5-2)6-9-19-10-7-16/h12,15,17H,4-11H2,1-3H3. The minimum absolute atomic E-state index is 0.111. The summed E-state index contributed by atoms with van der Waals surface area (Å²) in [7, 11) is 0. The molecule has 1 saturated heterocycles. The molecule has 1 atom stereocenters. The molecule has 1 unspecified atom stereocenters. The molecule has 0 radical (unpaired) electrons. The Labute approximate surface area is 132 Å². The van der Waals surface area contributed by atoms with Crippen molar-refractivity contribution in [2.75, 3.05) is 26.4 Å². The number of rotatable bonds is 8. The largest absolute Gasteiger partial charge is 0.381 e. The van der Waals surface area contributed by atoms with Crippen molar-refractivity contribution >= 4 is 11.3 Å². The molecule has 1 N–H and O–H groups in total. The average Bonchev–Trinajstić information content (AvgIpc) is 2.90. The zero-order valence-electron chi connectivity index (χ0n) is 13.5. The van der Waals surface area contributed by atoms with Crippen molar-refractivity contribution in [2.24, 2.45) is 0 Å². The predicted octanol–water partition coefficient (Wildman–Crippen LogP) is 2.95. The van der Waals surface area contributed by atoms with E-state index in [4.69, 9.17) is 9.47 Å².